The van der Waals surface area contributed by atoms with Crippen LogP contribution in [-0.2, 0) is 7.05 Å². The van der Waals surface area contributed by atoms with E-state index in [-0.39, 0.29) is 6.03 Å². The van der Waals surface area contributed by atoms with Crippen LogP contribution in [0.15, 0.2) is 53.1 Å². The minimum atomic E-state index is -0.242. The zero-order chi connectivity index (χ0) is 22.1. The lowest BCUT2D eigenvalue weighted by Gasteiger charge is -2.49. The molecule has 2 aromatic heterocycles. The molecule has 8 heteroatoms. The Balaban J connectivity index is 1.19. The lowest BCUT2D eigenvalue weighted by Crippen LogP contribution is -2.56. The fraction of sp³-hybridized carbons (Fsp3) is 0.375. The smallest absolute Gasteiger partial charge is 0.319 e. The van der Waals surface area contributed by atoms with Gasteiger partial charge in [0.25, 0.3) is 0 Å². The Hall–Kier alpha value is -3.57. The molecule has 4 atom stereocenters. The van der Waals surface area contributed by atoms with Crippen molar-refractivity contribution >= 4 is 11.7 Å². The molecule has 8 nitrogen and oxygen atoms in total. The van der Waals surface area contributed by atoms with E-state index in [1.165, 1.54) is 5.69 Å². The summed E-state index contributed by atoms with van der Waals surface area (Å²) < 4.78 is 7.50. The average Bonchev–Trinajstić information content (AvgIpc) is 3.48. The molecule has 3 aliphatic rings. The normalized spacial score (nSPS) is 24.1. The molecular weight excluding hydrogens is 404 g/mol. The first-order valence-electron chi connectivity index (χ1n) is 11.0. The molecule has 6 rings (SSSR count). The number of furan rings is 1. The summed E-state index contributed by atoms with van der Waals surface area (Å²) in [6, 6.07) is 15.1. The number of nitrogens with one attached hydrogen (secondary N) is 2. The van der Waals surface area contributed by atoms with Gasteiger partial charge in [0.15, 0.2) is 5.76 Å². The van der Waals surface area contributed by atoms with Gasteiger partial charge in [-0.15, -0.1) is 0 Å². The molecule has 164 valence electrons. The fourth-order valence-corrected chi connectivity index (χ4v) is 5.11. The predicted molar refractivity (Wildman–Crippen MR) is 120 cm³/mol. The maximum atomic E-state index is 12.4. The molecule has 3 aromatic rings. The first kappa shape index (κ1) is 20.3. The quantitative estimate of drug-likeness (QED) is 0.645. The van der Waals surface area contributed by atoms with Crippen LogP contribution in [0.2, 0.25) is 0 Å². The lowest BCUT2D eigenvalue weighted by atomic mass is 9.74. The topological polar surface area (TPSA) is 99.1 Å². The van der Waals surface area contributed by atoms with E-state index in [0.717, 1.165) is 37.4 Å². The molecule has 3 saturated heterocycles. The van der Waals surface area contributed by atoms with Crippen molar-refractivity contribution in [2.24, 2.45) is 13.0 Å². The van der Waals surface area contributed by atoms with E-state index in [2.05, 4.69) is 32.8 Å². The van der Waals surface area contributed by atoms with Gasteiger partial charge in [-0.1, -0.05) is 6.07 Å². The highest BCUT2D eigenvalue weighted by Gasteiger charge is 2.41. The van der Waals surface area contributed by atoms with Crippen LogP contribution >= 0.6 is 0 Å². The van der Waals surface area contributed by atoms with E-state index in [0.29, 0.717) is 35.7 Å². The number of carbonyl (C=O) groups is 1. The SMILES string of the molecule is Cn1nc(-c2ccco2)cc1[C@@H]1CN2CC[C@H]1C[C@@H]2CNC(=O)Nc1cccc(C#N)c1. The Morgan fingerprint density at radius 2 is 2.22 bits per heavy atom. The molecule has 0 aliphatic carbocycles. The number of urea groups is 1. The van der Waals surface area contributed by atoms with Crippen LogP contribution in [-0.4, -0.2) is 46.4 Å². The molecule has 1 unspecified atom stereocenters. The van der Waals surface area contributed by atoms with Crippen molar-refractivity contribution in [1.82, 2.24) is 20.0 Å². The number of amides is 2. The van der Waals surface area contributed by atoms with E-state index in [1.807, 2.05) is 23.9 Å². The van der Waals surface area contributed by atoms with Crippen LogP contribution < -0.4 is 10.6 Å². The van der Waals surface area contributed by atoms with Crippen LogP contribution in [0.5, 0.6) is 0 Å². The van der Waals surface area contributed by atoms with Crippen LogP contribution in [0.4, 0.5) is 10.5 Å². The standard InChI is InChI=1S/C24H26N6O2/c1-29-22(12-21(28-29)23-6-3-9-32-23)20-15-30-8-7-17(20)11-19(30)14-26-24(31)27-18-5-2-4-16(10-18)13-25/h2-6,9-10,12,17,19-20H,7-8,11,14-15H2,1H3,(H2,26,27,31)/t17-,19+,20+/m0/s1. The van der Waals surface area contributed by atoms with Crippen molar-refractivity contribution in [1.29, 1.82) is 5.26 Å². The Kier molecular flexibility index (Phi) is 5.41. The molecular formula is C24H26N6O2. The average molecular weight is 431 g/mol. The molecule has 3 fully saturated rings. The van der Waals surface area contributed by atoms with Gasteiger partial charge in [0.2, 0.25) is 0 Å². The van der Waals surface area contributed by atoms with Gasteiger partial charge in [0, 0.05) is 43.5 Å². The van der Waals surface area contributed by atoms with Crippen LogP contribution in [0.25, 0.3) is 11.5 Å². The maximum Gasteiger partial charge on any atom is 0.319 e. The third kappa shape index (κ3) is 3.99. The first-order chi connectivity index (χ1) is 15.6. The summed E-state index contributed by atoms with van der Waals surface area (Å²) in [7, 11) is 2.00. The predicted octanol–water partition coefficient (Wildman–Crippen LogP) is 3.55. The minimum Gasteiger partial charge on any atom is -0.463 e. The Morgan fingerprint density at radius 1 is 1.31 bits per heavy atom. The van der Waals surface area contributed by atoms with Gasteiger partial charge >= 0.3 is 6.03 Å². The van der Waals surface area contributed by atoms with E-state index in [1.54, 1.807) is 30.5 Å². The van der Waals surface area contributed by atoms with Gasteiger partial charge in [-0.3, -0.25) is 9.58 Å². The van der Waals surface area contributed by atoms with Crippen molar-refractivity contribution in [3.63, 3.8) is 0 Å². The fourth-order valence-electron chi connectivity index (χ4n) is 5.11. The van der Waals surface area contributed by atoms with Crippen molar-refractivity contribution in [2.45, 2.75) is 24.8 Å². The third-order valence-corrected chi connectivity index (χ3v) is 6.70. The molecule has 2 bridgehead atoms. The summed E-state index contributed by atoms with van der Waals surface area (Å²) in [6.45, 7) is 2.64. The molecule has 0 spiro atoms. The van der Waals surface area contributed by atoms with Crippen LogP contribution in [0.1, 0.15) is 30.0 Å². The van der Waals surface area contributed by atoms with Gasteiger partial charge in [-0.2, -0.15) is 10.4 Å². The molecule has 0 saturated carbocycles. The number of piperidine rings is 3. The van der Waals surface area contributed by atoms with E-state index >= 15 is 0 Å². The number of hydrogen-bond donors (Lipinski definition) is 2. The van der Waals surface area contributed by atoms with Crippen LogP contribution in [0, 0.1) is 17.2 Å². The second-order valence-electron chi connectivity index (χ2n) is 8.62. The van der Waals surface area contributed by atoms with Gasteiger partial charge in [-0.05, 0) is 61.7 Å². The zero-order valence-corrected chi connectivity index (χ0v) is 18.0. The summed E-state index contributed by atoms with van der Waals surface area (Å²) in [4.78, 5) is 14.8. The summed E-state index contributed by atoms with van der Waals surface area (Å²) in [5.41, 5.74) is 3.26. The number of nitrogens with zero attached hydrogens (tertiary/aromatic N) is 4. The largest absolute Gasteiger partial charge is 0.463 e. The highest BCUT2D eigenvalue weighted by atomic mass is 16.3. The van der Waals surface area contributed by atoms with Crippen LogP contribution in [0.3, 0.4) is 0 Å². The minimum absolute atomic E-state index is 0.242. The maximum absolute atomic E-state index is 12.4. The number of anilines is 1. The number of rotatable bonds is 5. The summed E-state index contributed by atoms with van der Waals surface area (Å²) in [6.07, 6.45) is 3.89. The zero-order valence-electron chi connectivity index (χ0n) is 18.0. The first-order valence-corrected chi connectivity index (χ1v) is 11.0. The summed E-state index contributed by atoms with van der Waals surface area (Å²) in [5, 5.41) is 19.5. The van der Waals surface area contributed by atoms with Gasteiger partial charge in [0.1, 0.15) is 5.69 Å². The Bertz CT molecular complexity index is 1150. The van der Waals surface area contributed by atoms with Gasteiger partial charge in [0.05, 0.1) is 17.9 Å². The summed E-state index contributed by atoms with van der Waals surface area (Å²) >= 11 is 0. The van der Waals surface area contributed by atoms with Crippen molar-refractivity contribution < 1.29 is 9.21 Å². The second-order valence-corrected chi connectivity index (χ2v) is 8.62. The number of nitriles is 1. The second kappa shape index (κ2) is 8.52. The van der Waals surface area contributed by atoms with Crippen molar-refractivity contribution in [3.05, 3.63) is 60.0 Å². The number of hydrogen-bond acceptors (Lipinski definition) is 5. The Labute approximate surface area is 186 Å². The molecule has 2 amide bonds. The number of aryl methyl sites for hydroxylation is 1. The number of carbonyl (C=O) groups excluding carboxylic acids is 1. The lowest BCUT2D eigenvalue weighted by molar-refractivity contribution is 0.0296. The van der Waals surface area contributed by atoms with E-state index in [4.69, 9.17) is 9.68 Å². The number of fused-ring (bicyclic) bond motifs is 3. The molecule has 5 heterocycles. The molecule has 32 heavy (non-hydrogen) atoms. The molecule has 2 N–H and O–H groups in total. The van der Waals surface area contributed by atoms with Gasteiger partial charge in [-0.25, -0.2) is 4.79 Å². The molecule has 1 aromatic carbocycles. The monoisotopic (exact) mass is 430 g/mol. The van der Waals surface area contributed by atoms with Crippen molar-refractivity contribution in [3.8, 4) is 17.5 Å². The van der Waals surface area contributed by atoms with Gasteiger partial charge < -0.3 is 15.1 Å². The third-order valence-electron chi connectivity index (χ3n) is 6.70. The molecule has 3 aliphatic heterocycles. The van der Waals surface area contributed by atoms with Crippen molar-refractivity contribution in [2.75, 3.05) is 25.0 Å². The Morgan fingerprint density at radius 3 is 2.97 bits per heavy atom. The van der Waals surface area contributed by atoms with E-state index < -0.39 is 0 Å². The number of aromatic nitrogens is 2. The highest BCUT2D eigenvalue weighted by Crippen LogP contribution is 2.42. The number of benzene rings is 1. The van der Waals surface area contributed by atoms with E-state index in [9.17, 15) is 4.79 Å². The summed E-state index contributed by atoms with van der Waals surface area (Å²) in [5.74, 6) is 1.80. The highest BCUT2D eigenvalue weighted by molar-refractivity contribution is 5.89. The molecule has 0 radical (unpaired) electrons.